The first-order valence-electron chi connectivity index (χ1n) is 9.37. The highest BCUT2D eigenvalue weighted by molar-refractivity contribution is 7.87. The topological polar surface area (TPSA) is 95.9 Å². The Bertz CT molecular complexity index is 823. The first-order chi connectivity index (χ1) is 12.2. The molecule has 2 saturated carbocycles. The van der Waals surface area contributed by atoms with Crippen LogP contribution in [0.5, 0.6) is 5.75 Å². The molecule has 7 heteroatoms. The minimum atomic E-state index is -4.34. The normalized spacial score (nSPS) is 36.0. The molecule has 5 atom stereocenters. The van der Waals surface area contributed by atoms with Gasteiger partial charge in [0.1, 0.15) is 5.75 Å². The van der Waals surface area contributed by atoms with Crippen molar-refractivity contribution in [3.63, 3.8) is 0 Å². The molecule has 144 valence electrons. The van der Waals surface area contributed by atoms with Crippen molar-refractivity contribution in [3.8, 4) is 5.75 Å². The van der Waals surface area contributed by atoms with Gasteiger partial charge in [0, 0.05) is 0 Å². The summed E-state index contributed by atoms with van der Waals surface area (Å²) in [7, 11) is -2.84. The van der Waals surface area contributed by atoms with Crippen LogP contribution >= 0.6 is 0 Å². The molecule has 0 bridgehead atoms. The molecule has 3 aliphatic rings. The minimum Gasteiger partial charge on any atom is -0.495 e. The van der Waals surface area contributed by atoms with Crippen molar-refractivity contribution < 1.29 is 22.8 Å². The van der Waals surface area contributed by atoms with Crippen molar-refractivity contribution in [1.82, 2.24) is 0 Å². The van der Waals surface area contributed by atoms with Gasteiger partial charge in [-0.1, -0.05) is 6.92 Å². The third-order valence-electron chi connectivity index (χ3n) is 7.23. The number of rotatable bonds is 3. The van der Waals surface area contributed by atoms with Gasteiger partial charge in [-0.25, -0.2) is 0 Å². The SMILES string of the molecule is COc1cc2c(cc1NS(=O)(=O)O)CCC1C2CC[C@]2(C)C(O)CCC12. The van der Waals surface area contributed by atoms with Crippen LogP contribution in [-0.2, 0) is 16.7 Å². The summed E-state index contributed by atoms with van der Waals surface area (Å²) in [4.78, 5) is 0. The van der Waals surface area contributed by atoms with Crippen LogP contribution in [0.4, 0.5) is 5.69 Å². The molecular formula is C19H27NO5S. The largest absolute Gasteiger partial charge is 0.495 e. The number of aliphatic hydroxyl groups excluding tert-OH is 1. The molecule has 0 amide bonds. The molecule has 6 nitrogen and oxygen atoms in total. The molecule has 2 fully saturated rings. The van der Waals surface area contributed by atoms with E-state index in [1.165, 1.54) is 12.7 Å². The maximum Gasteiger partial charge on any atom is 0.357 e. The van der Waals surface area contributed by atoms with Crippen molar-refractivity contribution in [1.29, 1.82) is 0 Å². The highest BCUT2D eigenvalue weighted by atomic mass is 32.2. The number of anilines is 1. The van der Waals surface area contributed by atoms with E-state index in [0.29, 0.717) is 23.5 Å². The van der Waals surface area contributed by atoms with Crippen LogP contribution in [0.2, 0.25) is 0 Å². The van der Waals surface area contributed by atoms with Crippen LogP contribution < -0.4 is 9.46 Å². The second-order valence-electron chi connectivity index (χ2n) is 8.38. The number of aryl methyl sites for hydroxylation is 1. The first kappa shape index (κ1) is 18.1. The number of benzene rings is 1. The lowest BCUT2D eigenvalue weighted by molar-refractivity contribution is -0.0226. The molecule has 1 aromatic rings. The first-order valence-corrected chi connectivity index (χ1v) is 10.8. The Labute approximate surface area is 154 Å². The minimum absolute atomic E-state index is 0.0369. The van der Waals surface area contributed by atoms with E-state index in [1.807, 2.05) is 6.07 Å². The van der Waals surface area contributed by atoms with Crippen molar-refractivity contribution in [2.24, 2.45) is 17.3 Å². The van der Waals surface area contributed by atoms with E-state index in [2.05, 4.69) is 11.6 Å². The Hall–Kier alpha value is -1.31. The zero-order valence-electron chi connectivity index (χ0n) is 15.2. The second kappa shape index (κ2) is 6.11. The van der Waals surface area contributed by atoms with E-state index in [-0.39, 0.29) is 17.2 Å². The summed E-state index contributed by atoms with van der Waals surface area (Å²) in [5.74, 6) is 1.96. The average Bonchev–Trinajstić information content (AvgIpc) is 2.88. The zero-order chi connectivity index (χ0) is 18.7. The zero-order valence-corrected chi connectivity index (χ0v) is 16.1. The van der Waals surface area contributed by atoms with E-state index in [0.717, 1.165) is 44.1 Å². The summed E-state index contributed by atoms with van der Waals surface area (Å²) in [6.07, 6.45) is 5.80. The second-order valence-corrected chi connectivity index (χ2v) is 9.54. The molecule has 26 heavy (non-hydrogen) atoms. The van der Waals surface area contributed by atoms with E-state index in [1.54, 1.807) is 6.07 Å². The molecule has 1 aromatic carbocycles. The quantitative estimate of drug-likeness (QED) is 0.699. The van der Waals surface area contributed by atoms with Crippen LogP contribution in [0.1, 0.15) is 56.1 Å². The Balaban J connectivity index is 1.70. The summed E-state index contributed by atoms with van der Waals surface area (Å²) in [5.41, 5.74) is 2.68. The number of methoxy groups -OCH3 is 1. The van der Waals surface area contributed by atoms with Gasteiger partial charge in [-0.15, -0.1) is 0 Å². The Morgan fingerprint density at radius 1 is 1.23 bits per heavy atom. The van der Waals surface area contributed by atoms with Crippen LogP contribution in [0, 0.1) is 17.3 Å². The van der Waals surface area contributed by atoms with Crippen LogP contribution in [0.3, 0.4) is 0 Å². The lowest BCUT2D eigenvalue weighted by Gasteiger charge is -2.50. The summed E-state index contributed by atoms with van der Waals surface area (Å²) in [5, 5.41) is 10.5. The van der Waals surface area contributed by atoms with Gasteiger partial charge in [-0.05, 0) is 85.0 Å². The predicted octanol–water partition coefficient (Wildman–Crippen LogP) is 3.13. The fourth-order valence-corrected chi connectivity index (χ4v) is 6.40. The summed E-state index contributed by atoms with van der Waals surface area (Å²) >= 11 is 0. The van der Waals surface area contributed by atoms with Gasteiger partial charge < -0.3 is 9.84 Å². The van der Waals surface area contributed by atoms with E-state index < -0.39 is 10.3 Å². The Kier molecular flexibility index (Phi) is 4.24. The van der Waals surface area contributed by atoms with Gasteiger partial charge in [0.15, 0.2) is 0 Å². The van der Waals surface area contributed by atoms with Gasteiger partial charge >= 0.3 is 10.3 Å². The van der Waals surface area contributed by atoms with Gasteiger partial charge in [0.05, 0.1) is 18.9 Å². The Morgan fingerprint density at radius 2 is 2.00 bits per heavy atom. The van der Waals surface area contributed by atoms with Gasteiger partial charge in [-0.3, -0.25) is 9.27 Å². The molecule has 4 unspecified atom stereocenters. The average molecular weight is 381 g/mol. The van der Waals surface area contributed by atoms with Crippen molar-refractivity contribution >= 4 is 16.0 Å². The maximum absolute atomic E-state index is 11.2. The molecule has 3 N–H and O–H groups in total. The number of hydrogen-bond acceptors (Lipinski definition) is 4. The molecule has 0 saturated heterocycles. The standard InChI is InChI=1S/C19H27NO5S/c1-19-8-7-12-13(15(19)5-6-18(19)21)4-3-11-9-16(20-26(22,23)24)17(25-2)10-14(11)12/h9-10,12-13,15,18,20-21H,3-8H2,1-2H3,(H,22,23,24)/t12?,13?,15?,18?,19-/m0/s1. The van der Waals surface area contributed by atoms with Crippen LogP contribution in [-0.4, -0.2) is 31.3 Å². The highest BCUT2D eigenvalue weighted by Gasteiger charge is 2.54. The number of ether oxygens (including phenoxy) is 1. The number of hydrogen-bond donors (Lipinski definition) is 3. The van der Waals surface area contributed by atoms with E-state index in [4.69, 9.17) is 9.29 Å². The van der Waals surface area contributed by atoms with Gasteiger partial charge in [-0.2, -0.15) is 8.42 Å². The van der Waals surface area contributed by atoms with E-state index in [9.17, 15) is 13.5 Å². The molecule has 0 heterocycles. The molecule has 4 rings (SSSR count). The predicted molar refractivity (Wildman–Crippen MR) is 98.8 cm³/mol. The monoisotopic (exact) mass is 381 g/mol. The third-order valence-corrected chi connectivity index (χ3v) is 7.71. The van der Waals surface area contributed by atoms with Gasteiger partial charge in [0.25, 0.3) is 0 Å². The molecule has 0 aliphatic heterocycles. The summed E-state index contributed by atoms with van der Waals surface area (Å²) < 4.78 is 39.1. The van der Waals surface area contributed by atoms with Crippen molar-refractivity contribution in [2.45, 2.75) is 57.5 Å². The number of nitrogens with one attached hydrogen (secondary N) is 1. The number of aliphatic hydroxyl groups is 1. The molecule has 3 aliphatic carbocycles. The highest BCUT2D eigenvalue weighted by Crippen LogP contribution is 2.61. The summed E-state index contributed by atoms with van der Waals surface area (Å²) in [6.45, 7) is 2.25. The number of fused-ring (bicyclic) bond motifs is 5. The maximum atomic E-state index is 11.2. The molecule has 0 radical (unpaired) electrons. The Morgan fingerprint density at radius 3 is 2.69 bits per heavy atom. The molecule has 0 spiro atoms. The van der Waals surface area contributed by atoms with Crippen LogP contribution in [0.15, 0.2) is 12.1 Å². The van der Waals surface area contributed by atoms with Gasteiger partial charge in [0.2, 0.25) is 0 Å². The molecular weight excluding hydrogens is 354 g/mol. The third kappa shape index (κ3) is 2.80. The lowest BCUT2D eigenvalue weighted by Crippen LogP contribution is -2.43. The fourth-order valence-electron chi connectivity index (χ4n) is 5.96. The summed E-state index contributed by atoms with van der Waals surface area (Å²) in [6, 6.07) is 3.74. The van der Waals surface area contributed by atoms with E-state index >= 15 is 0 Å². The fraction of sp³-hybridized carbons (Fsp3) is 0.684. The van der Waals surface area contributed by atoms with Crippen molar-refractivity contribution in [3.05, 3.63) is 23.3 Å². The smallest absolute Gasteiger partial charge is 0.357 e. The molecule has 0 aromatic heterocycles. The van der Waals surface area contributed by atoms with Crippen LogP contribution in [0.25, 0.3) is 0 Å². The lowest BCUT2D eigenvalue weighted by atomic mass is 9.55. The van der Waals surface area contributed by atoms with Crippen molar-refractivity contribution in [2.75, 3.05) is 11.8 Å².